The number of hydrogen-bond donors (Lipinski definition) is 0. The molecule has 0 saturated carbocycles. The predicted molar refractivity (Wildman–Crippen MR) is 57.2 cm³/mol. The van der Waals surface area contributed by atoms with E-state index in [-0.39, 0.29) is 5.92 Å². The van der Waals surface area contributed by atoms with Crippen molar-refractivity contribution >= 4 is 15.9 Å². The molecule has 0 aliphatic heterocycles. The summed E-state index contributed by atoms with van der Waals surface area (Å²) in [6.07, 6.45) is 1.84. The molecule has 0 aromatic heterocycles. The Balaban J connectivity index is 3.04. The number of halogens is 1. The largest absolute Gasteiger partial charge is 0.102 e. The number of rotatable bonds is 2. The van der Waals surface area contributed by atoms with Crippen LogP contribution in [0.15, 0.2) is 35.3 Å². The molecule has 63 valence electrons. The average Bonchev–Trinajstić information content (AvgIpc) is 2.08. The Morgan fingerprint density at radius 2 is 2.17 bits per heavy atom. The van der Waals surface area contributed by atoms with Crippen molar-refractivity contribution in [3.63, 3.8) is 0 Å². The van der Waals surface area contributed by atoms with Gasteiger partial charge in [0.2, 0.25) is 0 Å². The molecule has 0 heterocycles. The number of allylic oxidation sites excluding steroid dienone is 1. The summed E-state index contributed by atoms with van der Waals surface area (Å²) in [5, 5.41) is 0. The molecule has 1 heteroatoms. The first-order valence-corrected chi connectivity index (χ1v) is 4.66. The molecular formula is C11H12Br. The highest BCUT2D eigenvalue weighted by Gasteiger charge is 2.02. The van der Waals surface area contributed by atoms with E-state index in [9.17, 15) is 0 Å². The summed E-state index contributed by atoms with van der Waals surface area (Å²) in [5.41, 5.74) is 2.44. The van der Waals surface area contributed by atoms with Crippen LogP contribution < -0.4 is 0 Å². The Labute approximate surface area is 82.4 Å². The highest BCUT2D eigenvalue weighted by Crippen LogP contribution is 2.22. The van der Waals surface area contributed by atoms with Gasteiger partial charge in [-0.15, -0.1) is 6.58 Å². The third kappa shape index (κ3) is 1.98. The normalized spacial score (nSPS) is 12.6. The first kappa shape index (κ1) is 9.53. The Morgan fingerprint density at radius 1 is 1.50 bits per heavy atom. The van der Waals surface area contributed by atoms with E-state index in [1.54, 1.807) is 0 Å². The Bertz CT molecular complexity index is 289. The van der Waals surface area contributed by atoms with E-state index in [2.05, 4.69) is 54.6 Å². The molecule has 0 aliphatic rings. The summed E-state index contributed by atoms with van der Waals surface area (Å²) in [7, 11) is 0. The second-order valence-electron chi connectivity index (χ2n) is 2.85. The SMILES string of the molecule is [CH2]C(C=C)c1ccc(C)c(Br)c1. The molecule has 0 spiro atoms. The van der Waals surface area contributed by atoms with Crippen molar-refractivity contribution in [2.45, 2.75) is 12.8 Å². The Morgan fingerprint density at radius 3 is 2.67 bits per heavy atom. The monoisotopic (exact) mass is 223 g/mol. The maximum Gasteiger partial charge on any atom is 0.0207 e. The minimum Gasteiger partial charge on any atom is -0.102 e. The van der Waals surface area contributed by atoms with Gasteiger partial charge in [0.1, 0.15) is 0 Å². The van der Waals surface area contributed by atoms with Gasteiger partial charge in [0.05, 0.1) is 0 Å². The summed E-state index contributed by atoms with van der Waals surface area (Å²) in [6.45, 7) is 9.74. The second-order valence-corrected chi connectivity index (χ2v) is 3.71. The van der Waals surface area contributed by atoms with Crippen LogP contribution >= 0.6 is 15.9 Å². The summed E-state index contributed by atoms with van der Waals surface area (Å²) in [5.74, 6) is 0.182. The van der Waals surface area contributed by atoms with Crippen molar-refractivity contribution < 1.29 is 0 Å². The zero-order valence-electron chi connectivity index (χ0n) is 7.18. The van der Waals surface area contributed by atoms with E-state index in [1.165, 1.54) is 11.1 Å². The lowest BCUT2D eigenvalue weighted by Crippen LogP contribution is -1.89. The van der Waals surface area contributed by atoms with Gasteiger partial charge in [-0.1, -0.05) is 34.1 Å². The number of hydrogen-bond acceptors (Lipinski definition) is 0. The van der Waals surface area contributed by atoms with E-state index < -0.39 is 0 Å². The molecule has 0 bridgehead atoms. The van der Waals surface area contributed by atoms with Gasteiger partial charge in [-0.3, -0.25) is 0 Å². The van der Waals surface area contributed by atoms with Gasteiger partial charge in [-0.05, 0) is 31.0 Å². The van der Waals surface area contributed by atoms with Crippen LogP contribution in [0.1, 0.15) is 17.0 Å². The fourth-order valence-electron chi connectivity index (χ4n) is 0.976. The van der Waals surface area contributed by atoms with E-state index in [1.807, 2.05) is 6.08 Å². The lowest BCUT2D eigenvalue weighted by atomic mass is 10.0. The van der Waals surface area contributed by atoms with Crippen LogP contribution in [0, 0.1) is 13.8 Å². The molecule has 0 N–H and O–H groups in total. The first-order valence-electron chi connectivity index (χ1n) is 3.87. The van der Waals surface area contributed by atoms with Crippen LogP contribution in [-0.2, 0) is 0 Å². The first-order chi connectivity index (χ1) is 5.65. The van der Waals surface area contributed by atoms with Crippen LogP contribution in [-0.4, -0.2) is 0 Å². The highest BCUT2D eigenvalue weighted by molar-refractivity contribution is 9.10. The van der Waals surface area contributed by atoms with Gasteiger partial charge in [-0.25, -0.2) is 0 Å². The van der Waals surface area contributed by atoms with Crippen LogP contribution in [0.3, 0.4) is 0 Å². The molecule has 12 heavy (non-hydrogen) atoms. The van der Waals surface area contributed by atoms with Crippen molar-refractivity contribution in [3.8, 4) is 0 Å². The standard InChI is InChI=1S/C11H12Br/c1-4-8(2)10-6-5-9(3)11(12)7-10/h4-8H,1-2H2,3H3. The third-order valence-electron chi connectivity index (χ3n) is 1.91. The maximum absolute atomic E-state index is 3.96. The molecule has 0 aliphatic carbocycles. The van der Waals surface area contributed by atoms with Gasteiger partial charge in [0.25, 0.3) is 0 Å². The maximum atomic E-state index is 3.96. The fraction of sp³-hybridized carbons (Fsp3) is 0.182. The van der Waals surface area contributed by atoms with Crippen LogP contribution in [0.25, 0.3) is 0 Å². The van der Waals surface area contributed by atoms with E-state index >= 15 is 0 Å². The zero-order chi connectivity index (χ0) is 9.14. The lowest BCUT2D eigenvalue weighted by Gasteiger charge is -2.07. The smallest absolute Gasteiger partial charge is 0.0207 e. The predicted octanol–water partition coefficient (Wildman–Crippen LogP) is 3.86. The summed E-state index contributed by atoms with van der Waals surface area (Å²) in [6, 6.07) is 6.26. The van der Waals surface area contributed by atoms with E-state index in [0.29, 0.717) is 0 Å². The summed E-state index contributed by atoms with van der Waals surface area (Å²) in [4.78, 5) is 0. The molecule has 1 atom stereocenters. The van der Waals surface area contributed by atoms with E-state index in [4.69, 9.17) is 0 Å². The van der Waals surface area contributed by atoms with Gasteiger partial charge in [0, 0.05) is 10.4 Å². The minimum atomic E-state index is 0.182. The molecule has 0 fully saturated rings. The van der Waals surface area contributed by atoms with Crippen molar-refractivity contribution in [3.05, 3.63) is 53.4 Å². The molecule has 1 radical (unpaired) electrons. The quantitative estimate of drug-likeness (QED) is 0.669. The summed E-state index contributed by atoms with van der Waals surface area (Å²) >= 11 is 3.48. The molecule has 1 aromatic rings. The molecule has 0 saturated heterocycles. The molecule has 1 aromatic carbocycles. The van der Waals surface area contributed by atoms with Gasteiger partial charge < -0.3 is 0 Å². The van der Waals surface area contributed by atoms with Gasteiger partial charge >= 0.3 is 0 Å². The van der Waals surface area contributed by atoms with Gasteiger partial charge in [0.15, 0.2) is 0 Å². The van der Waals surface area contributed by atoms with E-state index in [0.717, 1.165) is 4.47 Å². The molecular weight excluding hydrogens is 212 g/mol. The van der Waals surface area contributed by atoms with Crippen molar-refractivity contribution in [1.82, 2.24) is 0 Å². The number of benzene rings is 1. The Kier molecular flexibility index (Phi) is 3.10. The zero-order valence-corrected chi connectivity index (χ0v) is 8.76. The molecule has 0 nitrogen and oxygen atoms in total. The highest BCUT2D eigenvalue weighted by atomic mass is 79.9. The van der Waals surface area contributed by atoms with Crippen molar-refractivity contribution in [2.75, 3.05) is 0 Å². The fourth-order valence-corrected chi connectivity index (χ4v) is 1.37. The average molecular weight is 224 g/mol. The molecule has 1 rings (SSSR count). The molecule has 1 unspecified atom stereocenters. The number of aryl methyl sites for hydroxylation is 1. The third-order valence-corrected chi connectivity index (χ3v) is 2.76. The summed E-state index contributed by atoms with van der Waals surface area (Å²) < 4.78 is 1.13. The van der Waals surface area contributed by atoms with Crippen molar-refractivity contribution in [1.29, 1.82) is 0 Å². The van der Waals surface area contributed by atoms with Crippen LogP contribution in [0.4, 0.5) is 0 Å². The topological polar surface area (TPSA) is 0 Å². The van der Waals surface area contributed by atoms with Gasteiger partial charge in [-0.2, -0.15) is 0 Å². The molecule has 0 amide bonds. The van der Waals surface area contributed by atoms with Crippen LogP contribution in [0.5, 0.6) is 0 Å². The Hall–Kier alpha value is -0.560. The van der Waals surface area contributed by atoms with Crippen LogP contribution in [0.2, 0.25) is 0 Å². The minimum absolute atomic E-state index is 0.182. The van der Waals surface area contributed by atoms with Crippen molar-refractivity contribution in [2.24, 2.45) is 0 Å². The lowest BCUT2D eigenvalue weighted by molar-refractivity contribution is 1.08. The second kappa shape index (κ2) is 3.90.